The zero-order chi connectivity index (χ0) is 5.70. The standard InChI is InChI=1S/C4H7IO2.Na.H/c5-3-1-2-4(6)7;;/h1-3H2,(H,6,7);;. The monoisotopic (exact) mass is 238 g/mol. The number of halogens is 1. The summed E-state index contributed by atoms with van der Waals surface area (Å²) >= 11 is 2.16. The van der Waals surface area contributed by atoms with E-state index in [-0.39, 0.29) is 29.6 Å². The fourth-order valence-electron chi connectivity index (χ4n) is 0.218. The van der Waals surface area contributed by atoms with Gasteiger partial charge in [-0.25, -0.2) is 0 Å². The molecule has 0 spiro atoms. The molecule has 0 radical (unpaired) electrons. The van der Waals surface area contributed by atoms with Gasteiger partial charge in [0.2, 0.25) is 0 Å². The number of hydrogen-bond donors (Lipinski definition) is 1. The van der Waals surface area contributed by atoms with Crippen molar-refractivity contribution in [1.29, 1.82) is 0 Å². The van der Waals surface area contributed by atoms with Gasteiger partial charge in [-0.1, -0.05) is 22.6 Å². The number of carbonyl (C=O) groups is 1. The average molecular weight is 238 g/mol. The van der Waals surface area contributed by atoms with Gasteiger partial charge in [0.05, 0.1) is 0 Å². The number of aliphatic carboxylic acids is 1. The van der Waals surface area contributed by atoms with Crippen molar-refractivity contribution in [2.24, 2.45) is 0 Å². The first kappa shape index (κ1) is 11.9. The molecule has 0 saturated carbocycles. The van der Waals surface area contributed by atoms with E-state index < -0.39 is 5.97 Å². The normalized spacial score (nSPS) is 7.62. The van der Waals surface area contributed by atoms with Crippen molar-refractivity contribution in [3.8, 4) is 0 Å². The average Bonchev–Trinajstić information content (AvgIpc) is 1.61. The van der Waals surface area contributed by atoms with Crippen LogP contribution in [-0.4, -0.2) is 45.1 Å². The van der Waals surface area contributed by atoms with E-state index in [4.69, 9.17) is 5.11 Å². The second-order valence-electron chi connectivity index (χ2n) is 1.19. The fraction of sp³-hybridized carbons (Fsp3) is 0.750. The van der Waals surface area contributed by atoms with Crippen LogP contribution in [0.15, 0.2) is 0 Å². The predicted octanol–water partition coefficient (Wildman–Crippen LogP) is 0.638. The first-order valence-electron chi connectivity index (χ1n) is 2.05. The summed E-state index contributed by atoms with van der Waals surface area (Å²) in [7, 11) is 0. The molecule has 0 aromatic rings. The summed E-state index contributed by atoms with van der Waals surface area (Å²) < 4.78 is 0.935. The number of hydrogen-bond acceptors (Lipinski definition) is 1. The second-order valence-corrected chi connectivity index (χ2v) is 2.27. The van der Waals surface area contributed by atoms with E-state index in [1.807, 2.05) is 0 Å². The van der Waals surface area contributed by atoms with E-state index in [9.17, 15) is 4.79 Å². The molecule has 2 nitrogen and oxygen atoms in total. The molecular formula is C4H8INaO2. The van der Waals surface area contributed by atoms with Gasteiger partial charge in [0.25, 0.3) is 0 Å². The molecule has 8 heavy (non-hydrogen) atoms. The van der Waals surface area contributed by atoms with Crippen LogP contribution in [0, 0.1) is 0 Å². The molecule has 1 N–H and O–H groups in total. The van der Waals surface area contributed by atoms with Crippen molar-refractivity contribution in [1.82, 2.24) is 0 Å². The first-order valence-corrected chi connectivity index (χ1v) is 3.57. The number of carboxylic acid groups (broad SMARTS) is 1. The summed E-state index contributed by atoms with van der Waals surface area (Å²) in [5, 5.41) is 8.04. The van der Waals surface area contributed by atoms with Crippen molar-refractivity contribution in [2.75, 3.05) is 4.43 Å². The summed E-state index contributed by atoms with van der Waals surface area (Å²) in [4.78, 5) is 9.75. The number of rotatable bonds is 3. The van der Waals surface area contributed by atoms with E-state index in [0.29, 0.717) is 6.42 Å². The summed E-state index contributed by atoms with van der Waals surface area (Å²) in [5.41, 5.74) is 0. The molecule has 0 aliphatic carbocycles. The minimum absolute atomic E-state index is 0. The van der Waals surface area contributed by atoms with Crippen molar-refractivity contribution in [2.45, 2.75) is 12.8 Å². The van der Waals surface area contributed by atoms with Gasteiger partial charge in [0, 0.05) is 10.8 Å². The predicted molar refractivity (Wildman–Crippen MR) is 42.9 cm³/mol. The Balaban J connectivity index is 0. The Morgan fingerprint density at radius 3 is 2.25 bits per heavy atom. The van der Waals surface area contributed by atoms with Crippen LogP contribution in [0.2, 0.25) is 0 Å². The first-order chi connectivity index (χ1) is 3.27. The van der Waals surface area contributed by atoms with Crippen LogP contribution in [-0.2, 0) is 4.79 Å². The van der Waals surface area contributed by atoms with Crippen molar-refractivity contribution >= 4 is 58.1 Å². The molecule has 4 heteroatoms. The Morgan fingerprint density at radius 2 is 2.12 bits per heavy atom. The summed E-state index contributed by atoms with van der Waals surface area (Å²) in [6, 6.07) is 0. The van der Waals surface area contributed by atoms with Crippen molar-refractivity contribution < 1.29 is 9.90 Å². The van der Waals surface area contributed by atoms with E-state index in [2.05, 4.69) is 22.6 Å². The Kier molecular flexibility index (Phi) is 12.2. The van der Waals surface area contributed by atoms with Crippen LogP contribution in [0.3, 0.4) is 0 Å². The zero-order valence-corrected chi connectivity index (χ0v) is 6.01. The molecule has 0 aromatic carbocycles. The molecule has 0 rings (SSSR count). The van der Waals surface area contributed by atoms with E-state index >= 15 is 0 Å². The molecule has 0 amide bonds. The molecule has 0 aliphatic rings. The molecule has 0 fully saturated rings. The number of alkyl halides is 1. The zero-order valence-electron chi connectivity index (χ0n) is 3.85. The molecule has 0 atom stereocenters. The minimum atomic E-state index is -0.698. The third kappa shape index (κ3) is 10.2. The number of carboxylic acids is 1. The summed E-state index contributed by atoms with van der Waals surface area (Å²) in [5.74, 6) is -0.698. The van der Waals surface area contributed by atoms with E-state index in [1.165, 1.54) is 0 Å². The quantitative estimate of drug-likeness (QED) is 0.445. The second kappa shape index (κ2) is 8.20. The van der Waals surface area contributed by atoms with Gasteiger partial charge in [-0.15, -0.1) is 0 Å². The molecule has 0 unspecified atom stereocenters. The van der Waals surface area contributed by atoms with Gasteiger partial charge < -0.3 is 5.11 Å². The third-order valence-corrected chi connectivity index (χ3v) is 1.29. The van der Waals surface area contributed by atoms with Crippen LogP contribution in [0.5, 0.6) is 0 Å². The van der Waals surface area contributed by atoms with Crippen molar-refractivity contribution in [3.63, 3.8) is 0 Å². The Labute approximate surface area is 84.5 Å². The van der Waals surface area contributed by atoms with E-state index in [0.717, 1.165) is 10.8 Å². The molecule has 44 valence electrons. The van der Waals surface area contributed by atoms with Crippen molar-refractivity contribution in [3.05, 3.63) is 0 Å². The fourth-order valence-corrected chi connectivity index (χ4v) is 0.599. The van der Waals surface area contributed by atoms with E-state index in [1.54, 1.807) is 0 Å². The van der Waals surface area contributed by atoms with Gasteiger partial charge in [-0.2, -0.15) is 0 Å². The third-order valence-electron chi connectivity index (χ3n) is 0.524. The van der Waals surface area contributed by atoms with Crippen LogP contribution >= 0.6 is 22.6 Å². The molecule has 0 bridgehead atoms. The van der Waals surface area contributed by atoms with Gasteiger partial charge in [0.15, 0.2) is 0 Å². The Morgan fingerprint density at radius 1 is 1.62 bits per heavy atom. The SMILES string of the molecule is O=C(O)CCCI.[NaH]. The van der Waals surface area contributed by atoms with Crippen LogP contribution in [0.1, 0.15) is 12.8 Å². The van der Waals surface area contributed by atoms with Gasteiger partial charge in [-0.3, -0.25) is 4.79 Å². The summed E-state index contributed by atoms with van der Waals surface area (Å²) in [6.45, 7) is 0. The maximum absolute atomic E-state index is 9.75. The van der Waals surface area contributed by atoms with Crippen LogP contribution in [0.4, 0.5) is 0 Å². The molecule has 0 heterocycles. The summed E-state index contributed by atoms with van der Waals surface area (Å²) in [6.07, 6.45) is 1.10. The molecular weight excluding hydrogens is 230 g/mol. The van der Waals surface area contributed by atoms with Gasteiger partial charge in [-0.05, 0) is 6.42 Å². The molecule has 0 saturated heterocycles. The topological polar surface area (TPSA) is 37.3 Å². The van der Waals surface area contributed by atoms with Crippen LogP contribution in [0.25, 0.3) is 0 Å². The van der Waals surface area contributed by atoms with Gasteiger partial charge >= 0.3 is 35.5 Å². The molecule has 0 aromatic heterocycles. The molecule has 0 aliphatic heterocycles. The Bertz CT molecular complexity index is 67.1. The van der Waals surface area contributed by atoms with Gasteiger partial charge in [0.1, 0.15) is 0 Å². The maximum atomic E-state index is 9.75. The van der Waals surface area contributed by atoms with Crippen LogP contribution < -0.4 is 0 Å². The Hall–Kier alpha value is 1.20.